The maximum Gasteiger partial charge on any atom is 0.426 e. The number of benzene rings is 3. The Kier molecular flexibility index (Phi) is 11.6. The second-order valence-electron chi connectivity index (χ2n) is 12.3. The van der Waals surface area contributed by atoms with E-state index in [9.17, 15) is 19.2 Å². The lowest BCUT2D eigenvalue weighted by atomic mass is 9.98. The number of ether oxygens (including phenoxy) is 2. The minimum atomic E-state index is -0.959. The summed E-state index contributed by atoms with van der Waals surface area (Å²) in [4.78, 5) is 49.8. The van der Waals surface area contributed by atoms with Crippen LogP contribution < -0.4 is 27.2 Å². The molecule has 11 heteroatoms. The Hall–Kier alpha value is -5.06. The largest absolute Gasteiger partial charge is 0.447 e. The first-order valence-corrected chi connectivity index (χ1v) is 15.5. The van der Waals surface area contributed by atoms with Crippen LogP contribution in [-0.2, 0) is 25.7 Å². The molecule has 2 atom stereocenters. The molecule has 46 heavy (non-hydrogen) atoms. The van der Waals surface area contributed by atoms with Crippen molar-refractivity contribution in [3.05, 3.63) is 89.5 Å². The Morgan fingerprint density at radius 2 is 1.28 bits per heavy atom. The molecule has 0 aliphatic heterocycles. The Bertz CT molecular complexity index is 1480. The van der Waals surface area contributed by atoms with Crippen LogP contribution in [-0.4, -0.2) is 42.7 Å². The van der Waals surface area contributed by atoms with E-state index in [0.29, 0.717) is 24.3 Å². The van der Waals surface area contributed by atoms with Crippen LogP contribution in [0.25, 0.3) is 11.1 Å². The molecular formula is C35H43N5O6. The molecule has 0 aromatic heterocycles. The predicted molar refractivity (Wildman–Crippen MR) is 175 cm³/mol. The van der Waals surface area contributed by atoms with E-state index >= 15 is 0 Å². The second-order valence-corrected chi connectivity index (χ2v) is 12.3. The molecule has 0 unspecified atom stereocenters. The topological polar surface area (TPSA) is 161 Å². The molecule has 0 saturated carbocycles. The normalized spacial score (nSPS) is 13.3. The third-order valence-electron chi connectivity index (χ3n) is 7.66. The first kappa shape index (κ1) is 33.8. The molecule has 4 amide bonds. The van der Waals surface area contributed by atoms with E-state index < -0.39 is 36.1 Å². The van der Waals surface area contributed by atoms with Crippen molar-refractivity contribution in [1.82, 2.24) is 16.2 Å². The average molecular weight is 630 g/mol. The number of rotatable bonds is 13. The van der Waals surface area contributed by atoms with E-state index in [1.807, 2.05) is 76.2 Å². The number of alkyl carbamates (subject to hydrolysis) is 1. The highest BCUT2D eigenvalue weighted by Crippen LogP contribution is 2.44. The van der Waals surface area contributed by atoms with Gasteiger partial charge in [0.15, 0.2) is 0 Å². The van der Waals surface area contributed by atoms with E-state index in [0.717, 1.165) is 27.9 Å². The molecule has 1 aliphatic rings. The number of amides is 4. The van der Waals surface area contributed by atoms with Gasteiger partial charge in [-0.3, -0.25) is 15.0 Å². The van der Waals surface area contributed by atoms with Gasteiger partial charge in [0.25, 0.3) is 5.91 Å². The standard InChI is InChI=1S/C35H43N5O6/c1-21(2)17-30(32(36)41)37-24-15-13-23(14-16-24)19-45-34(43)38-31(18-22(3)4)33(42)39-40-35(44)46-20-29-27-11-7-5-9-25(27)26-10-6-8-12-28(26)29/h5-16,21-22,29-31,37H,17-20H2,1-4H3,(H2,36,41)(H,38,43)(H,39,42)(H,40,44)/t30-,31+/m0/s1. The number of hydrogen-bond donors (Lipinski definition) is 5. The van der Waals surface area contributed by atoms with E-state index in [-0.39, 0.29) is 25.0 Å². The summed E-state index contributed by atoms with van der Waals surface area (Å²) >= 11 is 0. The van der Waals surface area contributed by atoms with Crippen LogP contribution in [0.15, 0.2) is 72.8 Å². The summed E-state index contributed by atoms with van der Waals surface area (Å²) in [5, 5.41) is 5.71. The number of carbonyl (C=O) groups excluding carboxylic acids is 4. The Labute approximate surface area is 269 Å². The van der Waals surface area contributed by atoms with Crippen molar-refractivity contribution in [3.63, 3.8) is 0 Å². The fraction of sp³-hybridized carbons (Fsp3) is 0.371. The van der Waals surface area contributed by atoms with Crippen LogP contribution >= 0.6 is 0 Å². The van der Waals surface area contributed by atoms with Gasteiger partial charge in [0.05, 0.1) is 0 Å². The van der Waals surface area contributed by atoms with Gasteiger partial charge in [-0.25, -0.2) is 15.0 Å². The first-order valence-electron chi connectivity index (χ1n) is 15.5. The minimum Gasteiger partial charge on any atom is -0.447 e. The van der Waals surface area contributed by atoms with Gasteiger partial charge >= 0.3 is 12.2 Å². The highest BCUT2D eigenvalue weighted by molar-refractivity contribution is 5.87. The molecule has 0 spiro atoms. The highest BCUT2D eigenvalue weighted by atomic mass is 16.6. The van der Waals surface area contributed by atoms with E-state index in [4.69, 9.17) is 15.2 Å². The monoisotopic (exact) mass is 629 g/mol. The Balaban J connectivity index is 1.24. The van der Waals surface area contributed by atoms with Crippen molar-refractivity contribution in [2.75, 3.05) is 11.9 Å². The van der Waals surface area contributed by atoms with Gasteiger partial charge < -0.3 is 25.8 Å². The van der Waals surface area contributed by atoms with Gasteiger partial charge in [0.1, 0.15) is 25.3 Å². The number of nitrogens with two attached hydrogens (primary N) is 1. The zero-order chi connectivity index (χ0) is 33.2. The van der Waals surface area contributed by atoms with E-state index in [2.05, 4.69) is 21.5 Å². The summed E-state index contributed by atoms with van der Waals surface area (Å²) in [6.45, 7) is 7.90. The second kappa shape index (κ2) is 15.8. The number of carbonyl (C=O) groups is 4. The van der Waals surface area contributed by atoms with Gasteiger partial charge in [0.2, 0.25) is 5.91 Å². The zero-order valence-corrected chi connectivity index (χ0v) is 26.7. The number of hydrazine groups is 1. The molecule has 3 aromatic rings. The van der Waals surface area contributed by atoms with Crippen molar-refractivity contribution in [2.45, 2.75) is 65.1 Å². The maximum absolute atomic E-state index is 12.9. The summed E-state index contributed by atoms with van der Waals surface area (Å²) in [5.74, 6) is -0.804. The number of hydrogen-bond acceptors (Lipinski definition) is 7. The quantitative estimate of drug-likeness (QED) is 0.162. The van der Waals surface area contributed by atoms with Crippen LogP contribution in [0.2, 0.25) is 0 Å². The Morgan fingerprint density at radius 1 is 0.717 bits per heavy atom. The van der Waals surface area contributed by atoms with Crippen molar-refractivity contribution >= 4 is 29.7 Å². The third-order valence-corrected chi connectivity index (χ3v) is 7.66. The average Bonchev–Trinajstić information content (AvgIpc) is 3.34. The molecule has 0 saturated heterocycles. The van der Waals surface area contributed by atoms with Crippen molar-refractivity contribution < 1.29 is 28.7 Å². The third kappa shape index (κ3) is 9.23. The molecule has 0 fully saturated rings. The number of primary amides is 1. The molecule has 0 radical (unpaired) electrons. The summed E-state index contributed by atoms with van der Waals surface area (Å²) in [6.07, 6.45) is -0.683. The molecule has 3 aromatic carbocycles. The molecule has 244 valence electrons. The fourth-order valence-corrected chi connectivity index (χ4v) is 5.49. The molecule has 0 bridgehead atoms. The highest BCUT2D eigenvalue weighted by Gasteiger charge is 2.29. The van der Waals surface area contributed by atoms with Gasteiger partial charge in [-0.05, 0) is 64.6 Å². The molecule has 4 rings (SSSR count). The predicted octanol–water partition coefficient (Wildman–Crippen LogP) is 5.21. The number of anilines is 1. The summed E-state index contributed by atoms with van der Waals surface area (Å²) in [6, 6.07) is 21.6. The van der Waals surface area contributed by atoms with Gasteiger partial charge in [0, 0.05) is 11.6 Å². The van der Waals surface area contributed by atoms with Crippen LogP contribution in [0.3, 0.4) is 0 Å². The van der Waals surface area contributed by atoms with Crippen LogP contribution in [0.4, 0.5) is 15.3 Å². The smallest absolute Gasteiger partial charge is 0.426 e. The minimum absolute atomic E-state index is 0.0363. The molecule has 0 heterocycles. The summed E-state index contributed by atoms with van der Waals surface area (Å²) < 4.78 is 10.8. The van der Waals surface area contributed by atoms with Crippen LogP contribution in [0, 0.1) is 11.8 Å². The van der Waals surface area contributed by atoms with E-state index in [1.165, 1.54) is 0 Å². The summed E-state index contributed by atoms with van der Waals surface area (Å²) in [5.41, 5.74) is 15.9. The number of fused-ring (bicyclic) bond motifs is 3. The maximum atomic E-state index is 12.9. The SMILES string of the molecule is CC(C)C[C@H](Nc1ccc(COC(=O)N[C@H](CC(C)C)C(=O)NNC(=O)OCC2c3ccccc3-c3ccccc32)cc1)C(N)=O. The first-order chi connectivity index (χ1) is 22.0. The Morgan fingerprint density at radius 3 is 1.85 bits per heavy atom. The lowest BCUT2D eigenvalue weighted by Gasteiger charge is -2.20. The molecule has 1 aliphatic carbocycles. The van der Waals surface area contributed by atoms with Gasteiger partial charge in [-0.15, -0.1) is 0 Å². The summed E-state index contributed by atoms with van der Waals surface area (Å²) in [7, 11) is 0. The van der Waals surface area contributed by atoms with Crippen molar-refractivity contribution in [1.29, 1.82) is 0 Å². The lowest BCUT2D eigenvalue weighted by Crippen LogP contribution is -2.53. The molecular weight excluding hydrogens is 586 g/mol. The van der Waals surface area contributed by atoms with Gasteiger partial charge in [-0.1, -0.05) is 88.4 Å². The van der Waals surface area contributed by atoms with Gasteiger partial charge in [-0.2, -0.15) is 0 Å². The van der Waals surface area contributed by atoms with E-state index in [1.54, 1.807) is 24.3 Å². The van der Waals surface area contributed by atoms with Crippen LogP contribution in [0.5, 0.6) is 0 Å². The fourth-order valence-electron chi connectivity index (χ4n) is 5.49. The van der Waals surface area contributed by atoms with Crippen molar-refractivity contribution in [2.24, 2.45) is 17.6 Å². The van der Waals surface area contributed by atoms with Crippen LogP contribution in [0.1, 0.15) is 63.1 Å². The number of nitrogens with one attached hydrogen (secondary N) is 4. The molecule has 11 nitrogen and oxygen atoms in total. The zero-order valence-electron chi connectivity index (χ0n) is 26.7. The van der Waals surface area contributed by atoms with Crippen molar-refractivity contribution in [3.8, 4) is 11.1 Å². The molecule has 6 N–H and O–H groups in total. The lowest BCUT2D eigenvalue weighted by molar-refractivity contribution is -0.124.